The number of nitrogens with zero attached hydrogens (tertiary/aromatic N) is 3. The molecule has 65 heavy (non-hydrogen) atoms. The van der Waals surface area contributed by atoms with E-state index < -0.39 is 0 Å². The van der Waals surface area contributed by atoms with E-state index in [1.807, 2.05) is 35.6 Å². The van der Waals surface area contributed by atoms with Crippen molar-refractivity contribution < 1.29 is 8.83 Å². The van der Waals surface area contributed by atoms with E-state index >= 15 is 0 Å². The number of hydrogen-bond donors (Lipinski definition) is 0. The second-order valence-corrected chi connectivity index (χ2v) is 17.7. The fourth-order valence-corrected chi connectivity index (χ4v) is 11.1. The number of para-hydroxylation sites is 1. The van der Waals surface area contributed by atoms with Crippen molar-refractivity contribution in [1.29, 1.82) is 0 Å². The molecule has 4 heterocycles. The third-order valence-corrected chi connectivity index (χ3v) is 14.2. The van der Waals surface area contributed by atoms with Gasteiger partial charge in [-0.3, -0.25) is 0 Å². The van der Waals surface area contributed by atoms with Crippen molar-refractivity contribution >= 4 is 96.9 Å². The van der Waals surface area contributed by atoms with E-state index in [-0.39, 0.29) is 0 Å². The van der Waals surface area contributed by atoms with Crippen molar-refractivity contribution in [2.45, 2.75) is 0 Å². The molecule has 0 amide bonds. The number of rotatable bonds is 5. The summed E-state index contributed by atoms with van der Waals surface area (Å²) in [4.78, 5) is 15.6. The second-order valence-electron chi connectivity index (χ2n) is 16.7. The summed E-state index contributed by atoms with van der Waals surface area (Å²) in [5.41, 5.74) is 10.6. The van der Waals surface area contributed by atoms with E-state index in [1.54, 1.807) is 0 Å². The van der Waals surface area contributed by atoms with Crippen molar-refractivity contribution in [2.75, 3.05) is 0 Å². The zero-order valence-electron chi connectivity index (χ0n) is 34.6. The fourth-order valence-electron chi connectivity index (χ4n) is 9.87. The predicted molar refractivity (Wildman–Crippen MR) is 269 cm³/mol. The molecule has 10 aromatic carbocycles. The Kier molecular flexibility index (Phi) is 7.79. The Balaban J connectivity index is 0.927. The zero-order chi connectivity index (χ0) is 42.6. The van der Waals surface area contributed by atoms with Crippen molar-refractivity contribution in [3.63, 3.8) is 0 Å². The molecule has 14 rings (SSSR count). The van der Waals surface area contributed by atoms with Crippen LogP contribution in [0.2, 0.25) is 0 Å². The molecule has 0 N–H and O–H groups in total. The minimum Gasteiger partial charge on any atom is -0.456 e. The Labute approximate surface area is 375 Å². The first-order valence-electron chi connectivity index (χ1n) is 21.7. The third kappa shape index (κ3) is 5.67. The molecule has 0 radical (unpaired) electrons. The van der Waals surface area contributed by atoms with Gasteiger partial charge in [-0.05, 0) is 98.4 Å². The van der Waals surface area contributed by atoms with E-state index in [9.17, 15) is 0 Å². The molecular formula is C59H33N3O2S. The molecule has 4 aromatic heterocycles. The Hall–Kier alpha value is -8.45. The summed E-state index contributed by atoms with van der Waals surface area (Å²) in [5, 5.41) is 11.3. The highest BCUT2D eigenvalue weighted by atomic mass is 32.1. The van der Waals surface area contributed by atoms with Gasteiger partial charge in [-0.25, -0.2) is 15.0 Å². The molecule has 6 heteroatoms. The van der Waals surface area contributed by atoms with Crippen molar-refractivity contribution in [3.05, 3.63) is 200 Å². The standard InChI is InChI=1S/C59H33N3O2S/c1-2-12-35-31-37(24-23-34(35)11-1)57-60-58(38-26-27-44-43-15-5-7-20-50(43)63-52(44)33-38)62-59(61-57)48-30-29-42(40-13-3-4-14-41(40)48)46-18-10-21-51-55(46)49-28-25-36(32-53(49)64-51)39-17-9-19-47-45-16-6-8-22-54(45)65-56(39)47/h1-33H. The highest BCUT2D eigenvalue weighted by Gasteiger charge is 2.20. The summed E-state index contributed by atoms with van der Waals surface area (Å²) in [5.74, 6) is 1.77. The minimum absolute atomic E-state index is 0.575. The van der Waals surface area contributed by atoms with Crippen molar-refractivity contribution in [1.82, 2.24) is 15.0 Å². The summed E-state index contributed by atoms with van der Waals surface area (Å²) in [6.07, 6.45) is 0. The van der Waals surface area contributed by atoms with Crippen LogP contribution in [0, 0.1) is 0 Å². The van der Waals surface area contributed by atoms with E-state index in [0.717, 1.165) is 98.8 Å². The molecule has 0 unspecified atom stereocenters. The smallest absolute Gasteiger partial charge is 0.164 e. The van der Waals surface area contributed by atoms with Gasteiger partial charge in [0.25, 0.3) is 0 Å². The molecule has 0 saturated carbocycles. The lowest BCUT2D eigenvalue weighted by Crippen LogP contribution is -2.01. The van der Waals surface area contributed by atoms with Crippen LogP contribution >= 0.6 is 11.3 Å². The Morgan fingerprint density at radius 2 is 0.877 bits per heavy atom. The lowest BCUT2D eigenvalue weighted by Gasteiger charge is -2.14. The number of benzene rings is 10. The largest absolute Gasteiger partial charge is 0.456 e. The Morgan fingerprint density at radius 3 is 1.77 bits per heavy atom. The number of thiophene rings is 1. The Morgan fingerprint density at radius 1 is 0.308 bits per heavy atom. The highest BCUT2D eigenvalue weighted by Crippen LogP contribution is 2.45. The first-order chi connectivity index (χ1) is 32.2. The van der Waals surface area contributed by atoms with E-state index in [4.69, 9.17) is 23.8 Å². The van der Waals surface area contributed by atoms with Crippen LogP contribution in [-0.4, -0.2) is 15.0 Å². The van der Waals surface area contributed by atoms with Crippen LogP contribution < -0.4 is 0 Å². The maximum absolute atomic E-state index is 6.70. The summed E-state index contributed by atoms with van der Waals surface area (Å²) >= 11 is 1.85. The van der Waals surface area contributed by atoms with Gasteiger partial charge in [0.1, 0.15) is 22.3 Å². The van der Waals surface area contributed by atoms with Gasteiger partial charge in [0, 0.05) is 58.4 Å². The van der Waals surface area contributed by atoms with E-state index in [2.05, 4.69) is 176 Å². The topological polar surface area (TPSA) is 65.0 Å². The van der Waals surface area contributed by atoms with Gasteiger partial charge < -0.3 is 8.83 Å². The molecule has 0 atom stereocenters. The van der Waals surface area contributed by atoms with Crippen LogP contribution in [0.5, 0.6) is 0 Å². The first-order valence-corrected chi connectivity index (χ1v) is 22.6. The van der Waals surface area contributed by atoms with Crippen LogP contribution in [0.15, 0.2) is 209 Å². The van der Waals surface area contributed by atoms with Gasteiger partial charge >= 0.3 is 0 Å². The molecule has 0 bridgehead atoms. The van der Waals surface area contributed by atoms with Gasteiger partial charge in [0.2, 0.25) is 0 Å². The van der Waals surface area contributed by atoms with Crippen LogP contribution in [0.3, 0.4) is 0 Å². The molecule has 14 aromatic rings. The first kappa shape index (κ1) is 36.1. The minimum atomic E-state index is 0.575. The molecule has 0 spiro atoms. The van der Waals surface area contributed by atoms with Gasteiger partial charge in [-0.2, -0.15) is 0 Å². The number of fused-ring (bicyclic) bond motifs is 11. The van der Waals surface area contributed by atoms with Crippen LogP contribution in [0.4, 0.5) is 0 Å². The third-order valence-electron chi connectivity index (χ3n) is 12.9. The zero-order valence-corrected chi connectivity index (χ0v) is 35.4. The predicted octanol–water partition coefficient (Wildman–Crippen LogP) is 16.7. The Bertz CT molecular complexity index is 4270. The summed E-state index contributed by atoms with van der Waals surface area (Å²) in [7, 11) is 0. The lowest BCUT2D eigenvalue weighted by atomic mass is 9.92. The average molecular weight is 848 g/mol. The summed E-state index contributed by atoms with van der Waals surface area (Å²) in [6.45, 7) is 0. The SMILES string of the molecule is c1ccc2cc(-c3nc(-c4ccc5c(c4)oc4ccccc45)nc(-c4ccc(-c5cccc6oc7cc(-c8cccc9c8sc8ccccc89)ccc7c56)c5ccccc45)n3)ccc2c1. The van der Waals surface area contributed by atoms with Gasteiger partial charge in [0.15, 0.2) is 17.5 Å². The molecular weight excluding hydrogens is 815 g/mol. The number of aromatic nitrogens is 3. The van der Waals surface area contributed by atoms with E-state index in [1.165, 1.54) is 25.7 Å². The van der Waals surface area contributed by atoms with Crippen LogP contribution in [0.1, 0.15) is 0 Å². The summed E-state index contributed by atoms with van der Waals surface area (Å²) in [6, 6.07) is 70.4. The second kappa shape index (κ2) is 14.0. The van der Waals surface area contributed by atoms with E-state index in [0.29, 0.717) is 17.5 Å². The lowest BCUT2D eigenvalue weighted by molar-refractivity contribution is 0.668. The van der Waals surface area contributed by atoms with Gasteiger partial charge in [-0.1, -0.05) is 146 Å². The highest BCUT2D eigenvalue weighted by molar-refractivity contribution is 7.26. The maximum atomic E-state index is 6.70. The monoisotopic (exact) mass is 847 g/mol. The molecule has 0 saturated heterocycles. The van der Waals surface area contributed by atoms with Crippen LogP contribution in [-0.2, 0) is 0 Å². The number of hydrogen-bond acceptors (Lipinski definition) is 6. The molecule has 0 aliphatic rings. The normalized spacial score (nSPS) is 12.0. The molecule has 0 aliphatic heterocycles. The molecule has 5 nitrogen and oxygen atoms in total. The number of furan rings is 2. The van der Waals surface area contributed by atoms with Crippen molar-refractivity contribution in [3.8, 4) is 56.4 Å². The van der Waals surface area contributed by atoms with Crippen LogP contribution in [0.25, 0.3) is 142 Å². The summed E-state index contributed by atoms with van der Waals surface area (Å²) < 4.78 is 15.6. The molecule has 0 fully saturated rings. The fraction of sp³-hybridized carbons (Fsp3) is 0. The van der Waals surface area contributed by atoms with Gasteiger partial charge in [0.05, 0.1) is 0 Å². The molecule has 302 valence electrons. The van der Waals surface area contributed by atoms with Crippen molar-refractivity contribution in [2.24, 2.45) is 0 Å². The quantitative estimate of drug-likeness (QED) is 0.173. The maximum Gasteiger partial charge on any atom is 0.164 e. The van der Waals surface area contributed by atoms with Gasteiger partial charge in [-0.15, -0.1) is 11.3 Å². The molecule has 0 aliphatic carbocycles. The average Bonchev–Trinajstić information content (AvgIpc) is 4.06.